The number of aromatic nitrogens is 2. The summed E-state index contributed by atoms with van der Waals surface area (Å²) >= 11 is 1.35. The minimum atomic E-state index is -0.313. The quantitative estimate of drug-likeness (QED) is 0.631. The second-order valence-electron chi connectivity index (χ2n) is 5.52. The molecule has 0 aliphatic rings. The molecule has 0 spiro atoms. The number of carbonyl (C=O) groups excluding carboxylic acids is 1. The molecular formula is C17H25N3O4S. The van der Waals surface area contributed by atoms with Crippen molar-refractivity contribution in [2.24, 2.45) is 0 Å². The van der Waals surface area contributed by atoms with Crippen molar-refractivity contribution in [2.45, 2.75) is 20.8 Å². The maximum absolute atomic E-state index is 12.2. The van der Waals surface area contributed by atoms with Crippen molar-refractivity contribution < 1.29 is 19.0 Å². The summed E-state index contributed by atoms with van der Waals surface area (Å²) in [4.78, 5) is 24.9. The molecule has 0 aliphatic heterocycles. The lowest BCUT2D eigenvalue weighted by Crippen LogP contribution is -2.31. The molecule has 8 heteroatoms. The van der Waals surface area contributed by atoms with Gasteiger partial charge in [-0.05, 0) is 26.3 Å². The number of carbonyl (C=O) groups is 1. The first-order valence-corrected chi connectivity index (χ1v) is 9.02. The molecule has 2 aromatic rings. The first-order chi connectivity index (χ1) is 12.0. The van der Waals surface area contributed by atoms with Crippen LogP contribution in [0.2, 0.25) is 0 Å². The van der Waals surface area contributed by atoms with E-state index in [2.05, 4.69) is 14.9 Å². The molecule has 0 aliphatic carbocycles. The van der Waals surface area contributed by atoms with E-state index in [4.69, 9.17) is 14.2 Å². The number of esters is 1. The minimum Gasteiger partial charge on any atom is -0.462 e. The van der Waals surface area contributed by atoms with Crippen LogP contribution in [-0.2, 0) is 14.2 Å². The number of hydrogen-bond acceptors (Lipinski definition) is 8. The summed E-state index contributed by atoms with van der Waals surface area (Å²) in [5.74, 6) is 1.16. The Hall–Kier alpha value is -1.77. The van der Waals surface area contributed by atoms with Gasteiger partial charge in [0.15, 0.2) is 0 Å². The van der Waals surface area contributed by atoms with Crippen molar-refractivity contribution in [1.82, 2.24) is 9.97 Å². The molecule has 0 radical (unpaired) electrons. The minimum absolute atomic E-state index is 0.313. The first kappa shape index (κ1) is 19.6. The fourth-order valence-electron chi connectivity index (χ4n) is 2.57. The number of aryl methyl sites for hydroxylation is 2. The van der Waals surface area contributed by atoms with E-state index in [-0.39, 0.29) is 5.97 Å². The molecule has 0 atom stereocenters. The van der Waals surface area contributed by atoms with E-state index < -0.39 is 0 Å². The van der Waals surface area contributed by atoms with Crippen molar-refractivity contribution in [3.05, 3.63) is 16.3 Å². The predicted molar refractivity (Wildman–Crippen MR) is 98.8 cm³/mol. The van der Waals surface area contributed by atoms with Gasteiger partial charge < -0.3 is 19.1 Å². The SMILES string of the molecule is CCOC(=O)c1sc2nc(C)nc(N(CCOC)CCOC)c2c1C. The highest BCUT2D eigenvalue weighted by Gasteiger charge is 2.23. The lowest BCUT2D eigenvalue weighted by molar-refractivity contribution is 0.0531. The van der Waals surface area contributed by atoms with E-state index in [1.807, 2.05) is 13.8 Å². The van der Waals surface area contributed by atoms with Gasteiger partial charge in [0, 0.05) is 27.3 Å². The van der Waals surface area contributed by atoms with Gasteiger partial charge in [-0.1, -0.05) is 0 Å². The first-order valence-electron chi connectivity index (χ1n) is 8.21. The normalized spacial score (nSPS) is 11.1. The molecule has 2 aromatic heterocycles. The third kappa shape index (κ3) is 4.45. The standard InChI is InChI=1S/C17H25N3O4S/c1-6-24-17(21)14-11(2)13-15(18-12(3)19-16(13)25-14)20(7-9-22-4)8-10-23-5/h6-10H2,1-5H3. The number of nitrogens with zero attached hydrogens (tertiary/aromatic N) is 3. The van der Waals surface area contributed by atoms with Crippen LogP contribution in [0.4, 0.5) is 5.82 Å². The van der Waals surface area contributed by atoms with Crippen LogP contribution in [0.15, 0.2) is 0 Å². The van der Waals surface area contributed by atoms with Gasteiger partial charge in [0.25, 0.3) is 0 Å². The van der Waals surface area contributed by atoms with Crippen LogP contribution in [0.1, 0.15) is 28.0 Å². The zero-order chi connectivity index (χ0) is 18.4. The van der Waals surface area contributed by atoms with Gasteiger partial charge in [-0.2, -0.15) is 0 Å². The number of hydrogen-bond donors (Lipinski definition) is 0. The van der Waals surface area contributed by atoms with Crippen LogP contribution in [0.5, 0.6) is 0 Å². The Morgan fingerprint density at radius 3 is 2.32 bits per heavy atom. The monoisotopic (exact) mass is 367 g/mol. The number of thiophene rings is 1. The zero-order valence-corrected chi connectivity index (χ0v) is 16.2. The molecule has 0 aromatic carbocycles. The number of ether oxygens (including phenoxy) is 3. The Morgan fingerprint density at radius 2 is 1.76 bits per heavy atom. The van der Waals surface area contributed by atoms with Crippen molar-refractivity contribution >= 4 is 33.3 Å². The third-order valence-electron chi connectivity index (χ3n) is 3.77. The van der Waals surface area contributed by atoms with Gasteiger partial charge >= 0.3 is 5.97 Å². The molecular weight excluding hydrogens is 342 g/mol. The molecule has 138 valence electrons. The lowest BCUT2D eigenvalue weighted by Gasteiger charge is -2.24. The van der Waals surface area contributed by atoms with E-state index in [0.29, 0.717) is 43.6 Å². The van der Waals surface area contributed by atoms with Crippen LogP contribution < -0.4 is 4.90 Å². The average molecular weight is 367 g/mol. The highest BCUT2D eigenvalue weighted by atomic mass is 32.1. The summed E-state index contributed by atoms with van der Waals surface area (Å²) < 4.78 is 15.6. The van der Waals surface area contributed by atoms with Gasteiger partial charge in [-0.25, -0.2) is 14.8 Å². The van der Waals surface area contributed by atoms with Gasteiger partial charge in [0.05, 0.1) is 25.2 Å². The smallest absolute Gasteiger partial charge is 0.348 e. The van der Waals surface area contributed by atoms with Gasteiger partial charge in [-0.3, -0.25) is 0 Å². The van der Waals surface area contributed by atoms with Crippen LogP contribution >= 0.6 is 11.3 Å². The number of fused-ring (bicyclic) bond motifs is 1. The van der Waals surface area contributed by atoms with Crippen molar-refractivity contribution in [1.29, 1.82) is 0 Å². The Balaban J connectivity index is 2.54. The topological polar surface area (TPSA) is 73.8 Å². The largest absolute Gasteiger partial charge is 0.462 e. The summed E-state index contributed by atoms with van der Waals surface area (Å²) in [6, 6.07) is 0. The number of rotatable bonds is 9. The maximum atomic E-state index is 12.2. The molecule has 25 heavy (non-hydrogen) atoms. The molecule has 0 unspecified atom stereocenters. The fraction of sp³-hybridized carbons (Fsp3) is 0.588. The van der Waals surface area contributed by atoms with E-state index >= 15 is 0 Å². The number of methoxy groups -OCH3 is 2. The Morgan fingerprint density at radius 1 is 1.12 bits per heavy atom. The summed E-state index contributed by atoms with van der Waals surface area (Å²) in [5, 5.41) is 0.894. The van der Waals surface area contributed by atoms with E-state index in [1.54, 1.807) is 21.1 Å². The zero-order valence-electron chi connectivity index (χ0n) is 15.4. The summed E-state index contributed by atoms with van der Waals surface area (Å²) in [6.07, 6.45) is 0. The molecule has 0 fully saturated rings. The van der Waals surface area contributed by atoms with Crippen molar-refractivity contribution in [2.75, 3.05) is 52.0 Å². The summed E-state index contributed by atoms with van der Waals surface area (Å²) in [6.45, 7) is 8.41. The van der Waals surface area contributed by atoms with Crippen molar-refractivity contribution in [3.8, 4) is 0 Å². The van der Waals surface area contributed by atoms with Crippen LogP contribution in [0.3, 0.4) is 0 Å². The van der Waals surface area contributed by atoms with E-state index in [1.165, 1.54) is 11.3 Å². The lowest BCUT2D eigenvalue weighted by atomic mass is 10.2. The average Bonchev–Trinajstić information content (AvgIpc) is 2.91. The van der Waals surface area contributed by atoms with Crippen LogP contribution in [0.25, 0.3) is 10.2 Å². The molecule has 0 bridgehead atoms. The van der Waals surface area contributed by atoms with Crippen LogP contribution in [-0.4, -0.2) is 63.1 Å². The van der Waals surface area contributed by atoms with Gasteiger partial charge in [0.1, 0.15) is 21.3 Å². The molecule has 0 saturated heterocycles. The maximum Gasteiger partial charge on any atom is 0.348 e. The van der Waals surface area contributed by atoms with Crippen LogP contribution in [0, 0.1) is 13.8 Å². The van der Waals surface area contributed by atoms with Crippen molar-refractivity contribution in [3.63, 3.8) is 0 Å². The van der Waals surface area contributed by atoms with Gasteiger partial charge in [-0.15, -0.1) is 11.3 Å². The molecule has 2 rings (SSSR count). The predicted octanol–water partition coefficient (Wildman–Crippen LogP) is 2.58. The molecule has 0 amide bonds. The second-order valence-corrected chi connectivity index (χ2v) is 6.52. The Bertz CT molecular complexity index is 724. The Labute approximate surface area is 151 Å². The molecule has 0 N–H and O–H groups in total. The summed E-state index contributed by atoms with van der Waals surface area (Å²) in [5.41, 5.74) is 0.855. The van der Waals surface area contributed by atoms with E-state index in [0.717, 1.165) is 21.6 Å². The molecule has 7 nitrogen and oxygen atoms in total. The molecule has 0 saturated carbocycles. The second kappa shape index (κ2) is 9.07. The fourth-order valence-corrected chi connectivity index (χ4v) is 3.68. The highest BCUT2D eigenvalue weighted by Crippen LogP contribution is 2.35. The van der Waals surface area contributed by atoms with Gasteiger partial charge in [0.2, 0.25) is 0 Å². The Kier molecular flexibility index (Phi) is 7.10. The third-order valence-corrected chi connectivity index (χ3v) is 4.94. The molecule has 2 heterocycles. The summed E-state index contributed by atoms with van der Waals surface area (Å²) in [7, 11) is 3.34. The number of anilines is 1. The highest BCUT2D eigenvalue weighted by molar-refractivity contribution is 7.20. The van der Waals surface area contributed by atoms with E-state index in [9.17, 15) is 4.79 Å².